The molecule has 26 heavy (non-hydrogen) atoms. The lowest BCUT2D eigenvalue weighted by molar-refractivity contribution is 0.642. The molecule has 4 aromatic heterocycles. The largest absolute Gasteiger partial charge is 0.351 e. The van der Waals surface area contributed by atoms with Crippen molar-refractivity contribution in [3.8, 4) is 0 Å². The van der Waals surface area contributed by atoms with Gasteiger partial charge in [0, 0.05) is 45.6 Å². The zero-order valence-electron chi connectivity index (χ0n) is 14.6. The Morgan fingerprint density at radius 1 is 0.846 bits per heavy atom. The van der Waals surface area contributed by atoms with Gasteiger partial charge in [0.15, 0.2) is 22.8 Å². The first-order chi connectivity index (χ1) is 12.7. The highest BCUT2D eigenvalue weighted by molar-refractivity contribution is 5.83. The van der Waals surface area contributed by atoms with Gasteiger partial charge in [-0.15, -0.1) is 10.2 Å². The van der Waals surface area contributed by atoms with Gasteiger partial charge >= 0.3 is 0 Å². The molecule has 1 aliphatic heterocycles. The van der Waals surface area contributed by atoms with Crippen LogP contribution in [-0.4, -0.2) is 65.3 Å². The van der Waals surface area contributed by atoms with Crippen LogP contribution in [0.5, 0.6) is 0 Å². The van der Waals surface area contributed by atoms with Crippen molar-refractivity contribution in [3.05, 3.63) is 30.9 Å². The second-order valence-electron chi connectivity index (χ2n) is 6.39. The van der Waals surface area contributed by atoms with E-state index in [1.165, 1.54) is 0 Å². The molecule has 1 aliphatic rings. The Labute approximate surface area is 149 Å². The summed E-state index contributed by atoms with van der Waals surface area (Å²) in [6, 6.07) is 0. The van der Waals surface area contributed by atoms with Crippen molar-refractivity contribution >= 4 is 28.4 Å². The number of hydrogen-bond donors (Lipinski definition) is 0. The highest BCUT2D eigenvalue weighted by Crippen LogP contribution is 2.24. The molecule has 132 valence electrons. The summed E-state index contributed by atoms with van der Waals surface area (Å²) in [6.45, 7) is 5.26. The molecule has 0 aromatic carbocycles. The number of imidazole rings is 1. The summed E-state index contributed by atoms with van der Waals surface area (Å²) in [7, 11) is 1.94. The monoisotopic (exact) mass is 350 g/mol. The summed E-state index contributed by atoms with van der Waals surface area (Å²) in [5.41, 5.74) is 2.49. The summed E-state index contributed by atoms with van der Waals surface area (Å²) in [6.07, 6.45) is 7.07. The quantitative estimate of drug-likeness (QED) is 0.514. The van der Waals surface area contributed by atoms with Crippen LogP contribution in [-0.2, 0) is 7.05 Å². The predicted octanol–water partition coefficient (Wildman–Crippen LogP) is 0.436. The van der Waals surface area contributed by atoms with Crippen molar-refractivity contribution < 1.29 is 0 Å². The Morgan fingerprint density at radius 3 is 2.42 bits per heavy atom. The summed E-state index contributed by atoms with van der Waals surface area (Å²) >= 11 is 0. The van der Waals surface area contributed by atoms with Gasteiger partial charge in [-0.2, -0.15) is 0 Å². The molecule has 5 rings (SSSR count). The third kappa shape index (κ3) is 2.18. The molecule has 0 N–H and O–H groups in total. The molecule has 10 nitrogen and oxygen atoms in total. The predicted molar refractivity (Wildman–Crippen MR) is 96.2 cm³/mol. The van der Waals surface area contributed by atoms with Crippen molar-refractivity contribution in [1.82, 2.24) is 39.1 Å². The van der Waals surface area contributed by atoms with Gasteiger partial charge in [-0.25, -0.2) is 19.9 Å². The summed E-state index contributed by atoms with van der Waals surface area (Å²) in [5.74, 6) is 2.62. The van der Waals surface area contributed by atoms with Crippen LogP contribution in [0.1, 0.15) is 5.82 Å². The zero-order chi connectivity index (χ0) is 17.7. The summed E-state index contributed by atoms with van der Waals surface area (Å²) < 4.78 is 3.88. The topological polar surface area (TPSA) is 93.2 Å². The fourth-order valence-corrected chi connectivity index (χ4v) is 3.45. The van der Waals surface area contributed by atoms with Gasteiger partial charge in [-0.05, 0) is 6.92 Å². The van der Waals surface area contributed by atoms with E-state index < -0.39 is 0 Å². The molecule has 5 heterocycles. The van der Waals surface area contributed by atoms with Crippen molar-refractivity contribution in [2.24, 2.45) is 7.05 Å². The molecule has 0 bridgehead atoms. The number of aromatic nitrogens is 8. The molecule has 0 aliphatic carbocycles. The maximum atomic E-state index is 4.54. The molecule has 0 unspecified atom stereocenters. The first kappa shape index (κ1) is 15.0. The minimum absolute atomic E-state index is 0.799. The zero-order valence-corrected chi connectivity index (χ0v) is 14.6. The fourth-order valence-electron chi connectivity index (χ4n) is 3.45. The highest BCUT2D eigenvalue weighted by Gasteiger charge is 2.24. The number of anilines is 2. The fraction of sp³-hybridized carbons (Fsp3) is 0.375. The van der Waals surface area contributed by atoms with Crippen LogP contribution in [0.2, 0.25) is 0 Å². The number of piperazine rings is 1. The molecule has 0 amide bonds. The average Bonchev–Trinajstić information content (AvgIpc) is 3.25. The lowest BCUT2D eigenvalue weighted by Gasteiger charge is -2.35. The van der Waals surface area contributed by atoms with Crippen LogP contribution in [0.25, 0.3) is 16.8 Å². The Hall–Kier alpha value is -3.30. The number of fused-ring (bicyclic) bond motifs is 2. The van der Waals surface area contributed by atoms with Gasteiger partial charge in [0.05, 0.1) is 6.33 Å². The highest BCUT2D eigenvalue weighted by atomic mass is 15.3. The molecule has 1 fully saturated rings. The van der Waals surface area contributed by atoms with Crippen LogP contribution in [0, 0.1) is 6.92 Å². The van der Waals surface area contributed by atoms with E-state index in [4.69, 9.17) is 0 Å². The Kier molecular flexibility index (Phi) is 3.24. The van der Waals surface area contributed by atoms with Crippen molar-refractivity contribution in [1.29, 1.82) is 0 Å². The SMILES string of the molecule is Cc1nnc2c(N3CCN(c4ncnc5c4ncn5C)CC3)nccn12. The summed E-state index contributed by atoms with van der Waals surface area (Å²) in [5, 5.41) is 8.43. The molecule has 0 spiro atoms. The van der Waals surface area contributed by atoms with Gasteiger partial charge in [0.2, 0.25) is 5.65 Å². The Bertz CT molecular complexity index is 1000. The van der Waals surface area contributed by atoms with E-state index in [1.54, 1.807) is 18.9 Å². The van der Waals surface area contributed by atoms with Crippen LogP contribution in [0.3, 0.4) is 0 Å². The lowest BCUT2D eigenvalue weighted by Crippen LogP contribution is -2.47. The number of hydrogen-bond acceptors (Lipinski definition) is 8. The minimum Gasteiger partial charge on any atom is -0.351 e. The first-order valence-corrected chi connectivity index (χ1v) is 8.50. The average molecular weight is 350 g/mol. The van der Waals surface area contributed by atoms with Gasteiger partial charge in [0.1, 0.15) is 12.2 Å². The summed E-state index contributed by atoms with van der Waals surface area (Å²) in [4.78, 5) is 22.3. The third-order valence-electron chi connectivity index (χ3n) is 4.84. The van der Waals surface area contributed by atoms with E-state index in [2.05, 4.69) is 39.9 Å². The number of nitrogens with zero attached hydrogens (tertiary/aromatic N) is 10. The van der Waals surface area contributed by atoms with E-state index in [-0.39, 0.29) is 0 Å². The molecular weight excluding hydrogens is 332 g/mol. The standard InChI is InChI=1S/C16H18N10/c1-11-21-22-16-15(17-3-4-26(11)16)25-7-5-24(6-8-25)14-12-13(18-9-19-14)23(2)10-20-12/h3-4,9-10H,5-8H2,1-2H3. The van der Waals surface area contributed by atoms with Crippen LogP contribution in [0.15, 0.2) is 25.0 Å². The van der Waals surface area contributed by atoms with Gasteiger partial charge in [-0.3, -0.25) is 4.40 Å². The van der Waals surface area contributed by atoms with E-state index >= 15 is 0 Å². The molecule has 1 saturated heterocycles. The van der Waals surface area contributed by atoms with Gasteiger partial charge in [0.25, 0.3) is 0 Å². The second kappa shape index (κ2) is 5.61. The first-order valence-electron chi connectivity index (χ1n) is 8.50. The Balaban J connectivity index is 1.42. The number of aryl methyl sites for hydroxylation is 2. The van der Waals surface area contributed by atoms with Gasteiger partial charge < -0.3 is 14.4 Å². The smallest absolute Gasteiger partial charge is 0.203 e. The Morgan fingerprint density at radius 2 is 1.62 bits per heavy atom. The van der Waals surface area contributed by atoms with Crippen LogP contribution < -0.4 is 9.80 Å². The van der Waals surface area contributed by atoms with Crippen LogP contribution >= 0.6 is 0 Å². The van der Waals surface area contributed by atoms with Crippen LogP contribution in [0.4, 0.5) is 11.6 Å². The molecule has 4 aromatic rings. The molecule has 10 heteroatoms. The maximum absolute atomic E-state index is 4.54. The number of rotatable bonds is 2. The van der Waals surface area contributed by atoms with Gasteiger partial charge in [-0.1, -0.05) is 0 Å². The molecule has 0 saturated carbocycles. The normalized spacial score (nSPS) is 15.3. The molecule has 0 radical (unpaired) electrons. The minimum atomic E-state index is 0.799. The van der Waals surface area contributed by atoms with E-state index in [0.29, 0.717) is 0 Å². The molecule has 0 atom stereocenters. The lowest BCUT2D eigenvalue weighted by atomic mass is 10.3. The van der Waals surface area contributed by atoms with Crippen molar-refractivity contribution in [2.45, 2.75) is 6.92 Å². The maximum Gasteiger partial charge on any atom is 0.203 e. The molecular formula is C16H18N10. The van der Waals surface area contributed by atoms with Crippen molar-refractivity contribution in [3.63, 3.8) is 0 Å². The van der Waals surface area contributed by atoms with Crippen molar-refractivity contribution in [2.75, 3.05) is 36.0 Å². The van der Waals surface area contributed by atoms with E-state index in [0.717, 1.165) is 60.5 Å². The third-order valence-corrected chi connectivity index (χ3v) is 4.84. The van der Waals surface area contributed by atoms with E-state index in [9.17, 15) is 0 Å². The second-order valence-corrected chi connectivity index (χ2v) is 6.39. The van der Waals surface area contributed by atoms with E-state index in [1.807, 2.05) is 29.1 Å².